The van der Waals surface area contributed by atoms with Gasteiger partial charge in [-0.05, 0) is 29.2 Å². The third-order valence-corrected chi connectivity index (χ3v) is 5.36. The molecule has 0 saturated carbocycles. The minimum absolute atomic E-state index is 0.0155. The smallest absolute Gasteiger partial charge is 0.306 e. The van der Waals surface area contributed by atoms with Gasteiger partial charge in [0.25, 0.3) is 5.69 Å². The van der Waals surface area contributed by atoms with E-state index in [1.54, 1.807) is 16.8 Å². The van der Waals surface area contributed by atoms with E-state index in [9.17, 15) is 19.7 Å². The number of carbonyl (C=O) groups is 2. The molecule has 0 spiro atoms. The van der Waals surface area contributed by atoms with E-state index in [2.05, 4.69) is 0 Å². The number of aromatic nitrogens is 1. The van der Waals surface area contributed by atoms with Crippen LogP contribution in [-0.4, -0.2) is 21.4 Å². The molecule has 0 amide bonds. The number of esters is 1. The van der Waals surface area contributed by atoms with Crippen molar-refractivity contribution >= 4 is 28.5 Å². The van der Waals surface area contributed by atoms with Gasteiger partial charge in [0, 0.05) is 30.1 Å². The SMILES string of the molecule is O=C(CCC(=O)n1cc(Cc2cccc([N+](=O)[O-])c2)c2ccccc21)OCc1ccccc1. The lowest BCUT2D eigenvalue weighted by atomic mass is 10.0. The lowest BCUT2D eigenvalue weighted by molar-refractivity contribution is -0.384. The quantitative estimate of drug-likeness (QED) is 0.210. The minimum atomic E-state index is -0.430. The molecule has 0 N–H and O–H groups in total. The fourth-order valence-corrected chi connectivity index (χ4v) is 3.74. The van der Waals surface area contributed by atoms with Gasteiger partial charge in [0.15, 0.2) is 0 Å². The number of ether oxygens (including phenoxy) is 1. The fraction of sp³-hybridized carbons (Fsp3) is 0.154. The Morgan fingerprint density at radius 3 is 2.39 bits per heavy atom. The first-order valence-corrected chi connectivity index (χ1v) is 10.6. The van der Waals surface area contributed by atoms with E-state index in [-0.39, 0.29) is 31.0 Å². The topological polar surface area (TPSA) is 91.4 Å². The van der Waals surface area contributed by atoms with Crippen molar-refractivity contribution in [2.75, 3.05) is 0 Å². The van der Waals surface area contributed by atoms with Crippen LogP contribution >= 0.6 is 0 Å². The molecular formula is C26H22N2O5. The van der Waals surface area contributed by atoms with Crippen LogP contribution in [0, 0.1) is 10.1 Å². The van der Waals surface area contributed by atoms with Gasteiger partial charge in [-0.3, -0.25) is 24.3 Å². The summed E-state index contributed by atoms with van der Waals surface area (Å²) in [5.74, 6) is -0.645. The zero-order valence-corrected chi connectivity index (χ0v) is 17.8. The van der Waals surface area contributed by atoms with Crippen LogP contribution in [0.2, 0.25) is 0 Å². The highest BCUT2D eigenvalue weighted by atomic mass is 16.6. The van der Waals surface area contributed by atoms with Crippen LogP contribution in [0.5, 0.6) is 0 Å². The summed E-state index contributed by atoms with van der Waals surface area (Å²) in [5, 5.41) is 12.0. The number of rotatable bonds is 8. The maximum atomic E-state index is 12.9. The van der Waals surface area contributed by atoms with Gasteiger partial charge in [-0.25, -0.2) is 0 Å². The molecule has 0 unspecified atom stereocenters. The molecule has 0 fully saturated rings. The van der Waals surface area contributed by atoms with Crippen LogP contribution in [0.15, 0.2) is 85.1 Å². The Kier molecular flexibility index (Phi) is 6.59. The maximum Gasteiger partial charge on any atom is 0.306 e. The number of para-hydroxylation sites is 1. The zero-order valence-electron chi connectivity index (χ0n) is 17.8. The zero-order chi connectivity index (χ0) is 23.2. The average Bonchev–Trinajstić information content (AvgIpc) is 3.20. The number of hydrogen-bond donors (Lipinski definition) is 0. The van der Waals surface area contributed by atoms with Crippen molar-refractivity contribution in [2.24, 2.45) is 0 Å². The fourth-order valence-electron chi connectivity index (χ4n) is 3.74. The van der Waals surface area contributed by atoms with Crippen molar-refractivity contribution in [2.45, 2.75) is 25.9 Å². The van der Waals surface area contributed by atoms with Crippen molar-refractivity contribution in [3.63, 3.8) is 0 Å². The summed E-state index contributed by atoms with van der Waals surface area (Å²) in [5.41, 5.74) is 3.32. The Balaban J connectivity index is 1.46. The van der Waals surface area contributed by atoms with Crippen molar-refractivity contribution < 1.29 is 19.2 Å². The predicted octanol–water partition coefficient (Wildman–Crippen LogP) is 5.30. The molecule has 0 atom stereocenters. The van der Waals surface area contributed by atoms with E-state index in [1.165, 1.54) is 12.1 Å². The predicted molar refractivity (Wildman–Crippen MR) is 124 cm³/mol. The normalized spacial score (nSPS) is 10.8. The van der Waals surface area contributed by atoms with Gasteiger partial charge in [-0.1, -0.05) is 60.7 Å². The largest absolute Gasteiger partial charge is 0.461 e. The lowest BCUT2D eigenvalue weighted by Gasteiger charge is -2.06. The van der Waals surface area contributed by atoms with Gasteiger partial charge in [0.2, 0.25) is 5.91 Å². The molecule has 1 aromatic heterocycles. The van der Waals surface area contributed by atoms with Crippen LogP contribution in [0.1, 0.15) is 34.3 Å². The third-order valence-electron chi connectivity index (χ3n) is 5.36. The number of fused-ring (bicyclic) bond motifs is 1. The molecule has 0 radical (unpaired) electrons. The summed E-state index contributed by atoms with van der Waals surface area (Å²) in [6, 6.07) is 23.3. The summed E-state index contributed by atoms with van der Waals surface area (Å²) in [6.45, 7) is 0.174. The standard InChI is InChI=1S/C26H22N2O5/c29-25(13-14-26(30)33-18-19-7-2-1-3-8-19)27-17-21(23-11-4-5-12-24(23)27)15-20-9-6-10-22(16-20)28(31)32/h1-12,16-17H,13-15,18H2. The number of nitrogens with zero attached hydrogens (tertiary/aromatic N) is 2. The number of nitro benzene ring substituents is 1. The van der Waals surface area contributed by atoms with Crippen molar-refractivity contribution in [3.05, 3.63) is 112 Å². The van der Waals surface area contributed by atoms with Crippen LogP contribution < -0.4 is 0 Å². The van der Waals surface area contributed by atoms with Crippen molar-refractivity contribution in [3.8, 4) is 0 Å². The molecular weight excluding hydrogens is 420 g/mol. The Bertz CT molecular complexity index is 1310. The highest BCUT2D eigenvalue weighted by molar-refractivity contribution is 5.95. The molecule has 0 aliphatic carbocycles. The molecule has 0 bridgehead atoms. The molecule has 0 aliphatic rings. The Labute approximate surface area is 190 Å². The molecule has 166 valence electrons. The lowest BCUT2D eigenvalue weighted by Crippen LogP contribution is -2.13. The number of non-ortho nitro benzene ring substituents is 1. The van der Waals surface area contributed by atoms with Crippen molar-refractivity contribution in [1.82, 2.24) is 4.57 Å². The first-order chi connectivity index (χ1) is 16.0. The van der Waals surface area contributed by atoms with E-state index in [0.29, 0.717) is 6.42 Å². The van der Waals surface area contributed by atoms with Gasteiger partial charge in [-0.2, -0.15) is 0 Å². The van der Waals surface area contributed by atoms with Crippen LogP contribution in [0.3, 0.4) is 0 Å². The molecule has 33 heavy (non-hydrogen) atoms. The Morgan fingerprint density at radius 1 is 0.879 bits per heavy atom. The van der Waals surface area contributed by atoms with E-state index < -0.39 is 10.9 Å². The van der Waals surface area contributed by atoms with Crippen LogP contribution in [0.25, 0.3) is 10.9 Å². The molecule has 1 heterocycles. The summed E-state index contributed by atoms with van der Waals surface area (Å²) in [4.78, 5) is 35.7. The van der Waals surface area contributed by atoms with Gasteiger partial charge >= 0.3 is 5.97 Å². The second-order valence-corrected chi connectivity index (χ2v) is 7.69. The molecule has 7 heteroatoms. The number of carbonyl (C=O) groups excluding carboxylic acids is 2. The first-order valence-electron chi connectivity index (χ1n) is 10.6. The average molecular weight is 442 g/mol. The molecule has 0 aliphatic heterocycles. The summed E-state index contributed by atoms with van der Waals surface area (Å²) in [6.07, 6.45) is 2.20. The number of nitro groups is 1. The number of hydrogen-bond acceptors (Lipinski definition) is 5. The van der Waals surface area contributed by atoms with E-state index in [4.69, 9.17) is 4.74 Å². The molecule has 4 aromatic rings. The van der Waals surface area contributed by atoms with Crippen LogP contribution in [0.4, 0.5) is 5.69 Å². The Hall–Kier alpha value is -4.26. The Morgan fingerprint density at radius 2 is 1.61 bits per heavy atom. The first kappa shape index (κ1) is 22.0. The second-order valence-electron chi connectivity index (χ2n) is 7.69. The summed E-state index contributed by atoms with van der Waals surface area (Å²) < 4.78 is 6.81. The van der Waals surface area contributed by atoms with Crippen LogP contribution in [-0.2, 0) is 22.6 Å². The summed E-state index contributed by atoms with van der Waals surface area (Å²) in [7, 11) is 0. The molecule has 3 aromatic carbocycles. The molecule has 4 rings (SSSR count). The molecule has 0 saturated heterocycles. The van der Waals surface area contributed by atoms with Gasteiger partial charge in [0.05, 0.1) is 16.9 Å². The maximum absolute atomic E-state index is 12.9. The highest BCUT2D eigenvalue weighted by Gasteiger charge is 2.16. The van der Waals surface area contributed by atoms with Gasteiger partial charge in [-0.15, -0.1) is 0 Å². The monoisotopic (exact) mass is 442 g/mol. The summed E-state index contributed by atoms with van der Waals surface area (Å²) >= 11 is 0. The minimum Gasteiger partial charge on any atom is -0.461 e. The van der Waals surface area contributed by atoms with E-state index in [0.717, 1.165) is 27.6 Å². The van der Waals surface area contributed by atoms with Crippen molar-refractivity contribution in [1.29, 1.82) is 0 Å². The number of benzene rings is 3. The van der Waals surface area contributed by atoms with Gasteiger partial charge in [0.1, 0.15) is 6.61 Å². The van der Waals surface area contributed by atoms with E-state index >= 15 is 0 Å². The third kappa shape index (κ3) is 5.33. The molecule has 7 nitrogen and oxygen atoms in total. The van der Waals surface area contributed by atoms with Gasteiger partial charge < -0.3 is 4.74 Å². The second kappa shape index (κ2) is 9.91. The highest BCUT2D eigenvalue weighted by Crippen LogP contribution is 2.25. The van der Waals surface area contributed by atoms with E-state index in [1.807, 2.05) is 60.7 Å².